The van der Waals surface area contributed by atoms with Gasteiger partial charge in [-0.15, -0.1) is 0 Å². The van der Waals surface area contributed by atoms with E-state index in [1.54, 1.807) is 25.3 Å². The second-order valence-electron chi connectivity index (χ2n) is 7.08. The summed E-state index contributed by atoms with van der Waals surface area (Å²) in [6.45, 7) is 6.58. The van der Waals surface area contributed by atoms with E-state index in [0.29, 0.717) is 37.0 Å². The molecule has 1 aliphatic rings. The molecule has 0 unspecified atom stereocenters. The molecule has 7 heteroatoms. The standard InChI is InChI=1S/C21H28N4O3/c1-3-18-15-25(12-11-24(18)14-16(2)26)21(27)23-17-9-10-22-20(13-17)28-19-7-5-4-6-8-19/h4-10,13,16,18,26H,3,11-12,14-15H2,1-2H3,(H,22,23,27)/t16-,18+/m0/s1. The number of ether oxygens (including phenoxy) is 1. The first kappa shape index (κ1) is 20.1. The molecule has 7 nitrogen and oxygen atoms in total. The number of nitrogens with zero attached hydrogens (tertiary/aromatic N) is 3. The molecule has 0 saturated carbocycles. The van der Waals surface area contributed by atoms with Crippen LogP contribution in [0.15, 0.2) is 48.7 Å². The van der Waals surface area contributed by atoms with Gasteiger partial charge in [-0.25, -0.2) is 9.78 Å². The highest BCUT2D eigenvalue weighted by Gasteiger charge is 2.29. The van der Waals surface area contributed by atoms with Crippen LogP contribution in [0.2, 0.25) is 0 Å². The van der Waals surface area contributed by atoms with Crippen LogP contribution in [0, 0.1) is 0 Å². The first-order valence-electron chi connectivity index (χ1n) is 9.72. The number of hydrogen-bond acceptors (Lipinski definition) is 5. The average molecular weight is 384 g/mol. The van der Waals surface area contributed by atoms with E-state index >= 15 is 0 Å². The number of amides is 2. The van der Waals surface area contributed by atoms with Gasteiger partial charge in [0.25, 0.3) is 0 Å². The third kappa shape index (κ3) is 5.43. The van der Waals surface area contributed by atoms with E-state index in [2.05, 4.69) is 22.1 Å². The monoisotopic (exact) mass is 384 g/mol. The van der Waals surface area contributed by atoms with Crippen molar-refractivity contribution in [3.05, 3.63) is 48.7 Å². The van der Waals surface area contributed by atoms with Gasteiger partial charge in [-0.05, 0) is 31.5 Å². The van der Waals surface area contributed by atoms with Crippen LogP contribution in [0.4, 0.5) is 10.5 Å². The van der Waals surface area contributed by atoms with Crippen LogP contribution in [0.25, 0.3) is 0 Å². The van der Waals surface area contributed by atoms with Crippen LogP contribution < -0.4 is 10.1 Å². The number of β-amino-alcohol motifs (C(OH)–C–C–N with tert-alkyl or cyclic N) is 1. The summed E-state index contributed by atoms with van der Waals surface area (Å²) in [5, 5.41) is 12.6. The van der Waals surface area contributed by atoms with E-state index in [1.807, 2.05) is 35.2 Å². The van der Waals surface area contributed by atoms with Crippen molar-refractivity contribution in [2.45, 2.75) is 32.4 Å². The highest BCUT2D eigenvalue weighted by molar-refractivity contribution is 5.89. The molecule has 1 aliphatic heterocycles. The van der Waals surface area contributed by atoms with E-state index in [1.165, 1.54) is 0 Å². The van der Waals surface area contributed by atoms with Crippen LogP contribution >= 0.6 is 0 Å². The maximum Gasteiger partial charge on any atom is 0.321 e. The number of para-hydroxylation sites is 1. The van der Waals surface area contributed by atoms with Crippen molar-refractivity contribution in [2.75, 3.05) is 31.5 Å². The van der Waals surface area contributed by atoms with Gasteiger partial charge in [-0.2, -0.15) is 0 Å². The Hall–Kier alpha value is -2.64. The van der Waals surface area contributed by atoms with Gasteiger partial charge in [0, 0.05) is 50.2 Å². The highest BCUT2D eigenvalue weighted by atomic mass is 16.5. The summed E-state index contributed by atoms with van der Waals surface area (Å²) in [6.07, 6.45) is 2.18. The quantitative estimate of drug-likeness (QED) is 0.800. The highest BCUT2D eigenvalue weighted by Crippen LogP contribution is 2.22. The Bertz CT molecular complexity index is 769. The number of carbonyl (C=O) groups is 1. The lowest BCUT2D eigenvalue weighted by Crippen LogP contribution is -2.56. The predicted octanol–water partition coefficient (Wildman–Crippen LogP) is 3.18. The van der Waals surface area contributed by atoms with Crippen molar-refractivity contribution < 1.29 is 14.6 Å². The SMILES string of the molecule is CC[C@@H]1CN(C(=O)Nc2ccnc(Oc3ccccc3)c2)CCN1C[C@H](C)O. The number of piperazine rings is 1. The summed E-state index contributed by atoms with van der Waals surface area (Å²) in [6, 6.07) is 13.0. The first-order valence-corrected chi connectivity index (χ1v) is 9.72. The molecule has 2 N–H and O–H groups in total. The molecule has 0 aliphatic carbocycles. The summed E-state index contributed by atoms with van der Waals surface area (Å²) >= 11 is 0. The molecule has 3 rings (SSSR count). The molecule has 2 amide bonds. The third-order valence-electron chi connectivity index (χ3n) is 4.81. The molecule has 1 saturated heterocycles. The maximum atomic E-state index is 12.7. The lowest BCUT2D eigenvalue weighted by atomic mass is 10.1. The van der Waals surface area contributed by atoms with Crippen LogP contribution in [0.1, 0.15) is 20.3 Å². The number of carbonyl (C=O) groups excluding carboxylic acids is 1. The molecular weight excluding hydrogens is 356 g/mol. The van der Waals surface area contributed by atoms with Crippen LogP contribution in [0.3, 0.4) is 0 Å². The Morgan fingerprint density at radius 2 is 2.11 bits per heavy atom. The molecule has 1 aromatic carbocycles. The number of urea groups is 1. The number of pyridine rings is 1. The molecule has 0 radical (unpaired) electrons. The Balaban J connectivity index is 1.59. The van der Waals surface area contributed by atoms with Crippen molar-refractivity contribution >= 4 is 11.7 Å². The van der Waals surface area contributed by atoms with E-state index in [0.717, 1.165) is 13.0 Å². The van der Waals surface area contributed by atoms with E-state index in [4.69, 9.17) is 4.74 Å². The molecule has 2 heterocycles. The molecule has 28 heavy (non-hydrogen) atoms. The third-order valence-corrected chi connectivity index (χ3v) is 4.81. The van der Waals surface area contributed by atoms with Gasteiger partial charge in [0.15, 0.2) is 0 Å². The maximum absolute atomic E-state index is 12.7. The molecule has 1 fully saturated rings. The number of aliphatic hydroxyl groups excluding tert-OH is 1. The van der Waals surface area contributed by atoms with Gasteiger partial charge in [0.1, 0.15) is 5.75 Å². The zero-order valence-corrected chi connectivity index (χ0v) is 16.4. The Labute approximate surface area is 165 Å². The fourth-order valence-electron chi connectivity index (χ4n) is 3.40. The second kappa shape index (κ2) is 9.52. The number of nitrogens with one attached hydrogen (secondary N) is 1. The molecular formula is C21H28N4O3. The predicted molar refractivity (Wildman–Crippen MR) is 109 cm³/mol. The van der Waals surface area contributed by atoms with E-state index < -0.39 is 0 Å². The molecule has 0 spiro atoms. The van der Waals surface area contributed by atoms with E-state index in [9.17, 15) is 9.90 Å². The van der Waals surface area contributed by atoms with Gasteiger partial charge < -0.3 is 20.1 Å². The summed E-state index contributed by atoms with van der Waals surface area (Å²) in [5.74, 6) is 1.12. The zero-order chi connectivity index (χ0) is 19.9. The summed E-state index contributed by atoms with van der Waals surface area (Å²) in [4.78, 5) is 21.0. The van der Waals surface area contributed by atoms with Crippen LogP contribution in [-0.2, 0) is 0 Å². The van der Waals surface area contributed by atoms with Gasteiger partial charge in [0.05, 0.1) is 6.10 Å². The van der Waals surface area contributed by atoms with Crippen LogP contribution in [0.5, 0.6) is 11.6 Å². The van der Waals surface area contributed by atoms with Crippen molar-refractivity contribution in [3.8, 4) is 11.6 Å². The number of rotatable bonds is 6. The smallest absolute Gasteiger partial charge is 0.321 e. The minimum atomic E-state index is -0.366. The number of aliphatic hydroxyl groups is 1. The Morgan fingerprint density at radius 3 is 2.82 bits per heavy atom. The number of benzene rings is 1. The Kier molecular flexibility index (Phi) is 6.84. The van der Waals surface area contributed by atoms with Gasteiger partial charge in [-0.1, -0.05) is 25.1 Å². The van der Waals surface area contributed by atoms with Gasteiger partial charge in [-0.3, -0.25) is 4.90 Å². The first-order chi connectivity index (χ1) is 13.5. The summed E-state index contributed by atoms with van der Waals surface area (Å²) < 4.78 is 5.73. The minimum Gasteiger partial charge on any atom is -0.439 e. The van der Waals surface area contributed by atoms with Crippen molar-refractivity contribution in [1.29, 1.82) is 0 Å². The normalized spacial score (nSPS) is 18.5. The second-order valence-corrected chi connectivity index (χ2v) is 7.08. The molecule has 0 bridgehead atoms. The van der Waals surface area contributed by atoms with Crippen molar-refractivity contribution in [3.63, 3.8) is 0 Å². The minimum absolute atomic E-state index is 0.132. The van der Waals surface area contributed by atoms with Crippen LogP contribution in [-0.4, -0.2) is 64.2 Å². The molecule has 1 aromatic heterocycles. The van der Waals surface area contributed by atoms with Crippen molar-refractivity contribution in [1.82, 2.24) is 14.8 Å². The zero-order valence-electron chi connectivity index (χ0n) is 16.4. The molecule has 2 aromatic rings. The lowest BCUT2D eigenvalue weighted by molar-refractivity contribution is 0.0507. The summed E-state index contributed by atoms with van der Waals surface area (Å²) in [7, 11) is 0. The van der Waals surface area contributed by atoms with E-state index in [-0.39, 0.29) is 18.2 Å². The topological polar surface area (TPSA) is 77.9 Å². The van der Waals surface area contributed by atoms with Crippen molar-refractivity contribution in [2.24, 2.45) is 0 Å². The number of hydrogen-bond donors (Lipinski definition) is 2. The van der Waals surface area contributed by atoms with Gasteiger partial charge in [0.2, 0.25) is 5.88 Å². The number of anilines is 1. The average Bonchev–Trinajstić information content (AvgIpc) is 2.69. The fraction of sp³-hybridized carbons (Fsp3) is 0.429. The fourth-order valence-corrected chi connectivity index (χ4v) is 3.40. The summed E-state index contributed by atoms with van der Waals surface area (Å²) in [5.41, 5.74) is 0.644. The largest absolute Gasteiger partial charge is 0.439 e. The number of aromatic nitrogens is 1. The lowest BCUT2D eigenvalue weighted by Gasteiger charge is -2.41. The Morgan fingerprint density at radius 1 is 1.32 bits per heavy atom. The molecule has 2 atom stereocenters. The molecule has 150 valence electrons. The van der Waals surface area contributed by atoms with Gasteiger partial charge >= 0.3 is 6.03 Å².